The fraction of sp³-hybridized carbons (Fsp3) is 0.500. The number of halogens is 2. The lowest BCUT2D eigenvalue weighted by atomic mass is 10.1. The van der Waals surface area contributed by atoms with Gasteiger partial charge in [0.2, 0.25) is 0 Å². The molecule has 0 aliphatic carbocycles. The van der Waals surface area contributed by atoms with Gasteiger partial charge in [0.25, 0.3) is 0 Å². The van der Waals surface area contributed by atoms with Gasteiger partial charge < -0.3 is 10.1 Å². The highest BCUT2D eigenvalue weighted by Crippen LogP contribution is 2.26. The highest BCUT2D eigenvalue weighted by Gasteiger charge is 2.13. The highest BCUT2D eigenvalue weighted by atomic mass is 79.9. The Hall–Kier alpha value is -0.0900. The Kier molecular flexibility index (Phi) is 6.36. The second-order valence-corrected chi connectivity index (χ2v) is 4.73. The number of nitrogens with one attached hydrogen (secondary N) is 1. The summed E-state index contributed by atoms with van der Waals surface area (Å²) in [5, 5.41) is 4.13. The first kappa shape index (κ1) is 14.0. The van der Waals surface area contributed by atoms with Crippen LogP contribution in [0.3, 0.4) is 0 Å². The van der Waals surface area contributed by atoms with Crippen LogP contribution in [0, 0.1) is 0 Å². The first-order valence-corrected chi connectivity index (χ1v) is 6.62. The molecule has 90 valence electrons. The van der Waals surface area contributed by atoms with Crippen LogP contribution in [0.15, 0.2) is 22.7 Å². The van der Waals surface area contributed by atoms with Gasteiger partial charge in [-0.25, -0.2) is 0 Å². The molecule has 0 saturated heterocycles. The lowest BCUT2D eigenvalue weighted by Crippen LogP contribution is -2.25. The zero-order valence-corrected chi connectivity index (χ0v) is 11.9. The fourth-order valence-corrected chi connectivity index (χ4v) is 2.48. The van der Waals surface area contributed by atoms with Crippen molar-refractivity contribution in [1.29, 1.82) is 0 Å². The van der Waals surface area contributed by atoms with Crippen molar-refractivity contribution in [2.45, 2.75) is 19.9 Å². The second kappa shape index (κ2) is 7.28. The molecule has 1 rings (SSSR count). The fourth-order valence-electron chi connectivity index (χ4n) is 1.52. The molecule has 1 unspecified atom stereocenters. The van der Waals surface area contributed by atoms with Gasteiger partial charge in [0.05, 0.1) is 12.6 Å². The first-order chi connectivity index (χ1) is 7.69. The summed E-state index contributed by atoms with van der Waals surface area (Å²) in [4.78, 5) is 0. The number of likely N-dealkylation sites (N-methyl/N-ethyl adjacent to an activating group) is 1. The molecule has 0 bridgehead atoms. The van der Waals surface area contributed by atoms with E-state index in [1.54, 1.807) is 0 Å². The molecule has 0 heterocycles. The summed E-state index contributed by atoms with van der Waals surface area (Å²) in [7, 11) is 0. The zero-order valence-electron chi connectivity index (χ0n) is 9.59. The maximum absolute atomic E-state index is 5.92. The summed E-state index contributed by atoms with van der Waals surface area (Å²) in [6, 6.07) is 6.04. The van der Waals surface area contributed by atoms with Crippen molar-refractivity contribution < 1.29 is 4.74 Å². The molecule has 16 heavy (non-hydrogen) atoms. The topological polar surface area (TPSA) is 21.3 Å². The van der Waals surface area contributed by atoms with E-state index in [0.717, 1.165) is 22.6 Å². The van der Waals surface area contributed by atoms with E-state index in [1.165, 1.54) is 5.56 Å². The van der Waals surface area contributed by atoms with E-state index in [-0.39, 0.29) is 6.04 Å². The van der Waals surface area contributed by atoms with Crippen LogP contribution in [-0.4, -0.2) is 19.8 Å². The molecule has 4 heteroatoms. The standard InChI is InChI=1S/C12H17BrClNO/c1-3-15-12(8-16-4-2)10-6-5-9(14)7-11(10)13/h5-7,12,15H,3-4,8H2,1-2H3. The van der Waals surface area contributed by atoms with Gasteiger partial charge in [-0.3, -0.25) is 0 Å². The number of hydrogen-bond acceptors (Lipinski definition) is 2. The molecule has 0 aromatic heterocycles. The van der Waals surface area contributed by atoms with Crippen LogP contribution >= 0.6 is 27.5 Å². The van der Waals surface area contributed by atoms with Crippen LogP contribution in [0.2, 0.25) is 5.02 Å². The van der Waals surface area contributed by atoms with E-state index >= 15 is 0 Å². The van der Waals surface area contributed by atoms with E-state index in [0.29, 0.717) is 6.61 Å². The van der Waals surface area contributed by atoms with E-state index in [1.807, 2.05) is 25.1 Å². The van der Waals surface area contributed by atoms with Crippen LogP contribution in [0.25, 0.3) is 0 Å². The summed E-state index contributed by atoms with van der Waals surface area (Å²) in [5.74, 6) is 0. The van der Waals surface area contributed by atoms with Gasteiger partial charge in [-0.15, -0.1) is 0 Å². The van der Waals surface area contributed by atoms with Crippen molar-refractivity contribution in [3.8, 4) is 0 Å². The van der Waals surface area contributed by atoms with Gasteiger partial charge in [0.15, 0.2) is 0 Å². The second-order valence-electron chi connectivity index (χ2n) is 3.44. The average molecular weight is 307 g/mol. The number of hydrogen-bond donors (Lipinski definition) is 1. The van der Waals surface area contributed by atoms with Crippen molar-refractivity contribution >= 4 is 27.5 Å². The van der Waals surface area contributed by atoms with Gasteiger partial charge >= 0.3 is 0 Å². The van der Waals surface area contributed by atoms with Gasteiger partial charge in [-0.2, -0.15) is 0 Å². The Labute approximate surface area is 110 Å². The summed E-state index contributed by atoms with van der Waals surface area (Å²) < 4.78 is 6.49. The third kappa shape index (κ3) is 4.06. The van der Waals surface area contributed by atoms with Crippen molar-refractivity contribution in [1.82, 2.24) is 5.32 Å². The summed E-state index contributed by atoms with van der Waals surface area (Å²) in [6.45, 7) is 6.40. The Balaban J connectivity index is 2.82. The van der Waals surface area contributed by atoms with Gasteiger partial charge in [0.1, 0.15) is 0 Å². The third-order valence-corrected chi connectivity index (χ3v) is 3.20. The molecule has 0 saturated carbocycles. The lowest BCUT2D eigenvalue weighted by Gasteiger charge is -2.19. The largest absolute Gasteiger partial charge is 0.380 e. The SMILES string of the molecule is CCNC(COCC)c1ccc(Cl)cc1Br. The van der Waals surface area contributed by atoms with E-state index < -0.39 is 0 Å². The zero-order chi connectivity index (χ0) is 12.0. The van der Waals surface area contributed by atoms with Crippen molar-refractivity contribution in [2.24, 2.45) is 0 Å². The van der Waals surface area contributed by atoms with Crippen LogP contribution in [0.4, 0.5) is 0 Å². The molecule has 1 aromatic rings. The van der Waals surface area contributed by atoms with E-state index in [9.17, 15) is 0 Å². The van der Waals surface area contributed by atoms with Crippen molar-refractivity contribution in [2.75, 3.05) is 19.8 Å². The molecular weight excluding hydrogens is 289 g/mol. The molecule has 0 aliphatic rings. The quantitative estimate of drug-likeness (QED) is 0.863. The number of benzene rings is 1. The summed E-state index contributed by atoms with van der Waals surface area (Å²) >= 11 is 9.45. The number of ether oxygens (including phenoxy) is 1. The van der Waals surface area contributed by atoms with Crippen LogP contribution in [0.5, 0.6) is 0 Å². The first-order valence-electron chi connectivity index (χ1n) is 5.45. The van der Waals surface area contributed by atoms with Crippen LogP contribution < -0.4 is 5.32 Å². The minimum absolute atomic E-state index is 0.205. The third-order valence-electron chi connectivity index (χ3n) is 2.28. The molecule has 1 aromatic carbocycles. The molecule has 1 atom stereocenters. The highest BCUT2D eigenvalue weighted by molar-refractivity contribution is 9.10. The van der Waals surface area contributed by atoms with Crippen molar-refractivity contribution in [3.05, 3.63) is 33.3 Å². The van der Waals surface area contributed by atoms with Crippen LogP contribution in [0.1, 0.15) is 25.5 Å². The normalized spacial score (nSPS) is 12.8. The molecule has 0 amide bonds. The summed E-state index contributed by atoms with van der Waals surface area (Å²) in [5.41, 5.74) is 1.18. The Morgan fingerprint density at radius 2 is 2.19 bits per heavy atom. The van der Waals surface area contributed by atoms with Gasteiger partial charge in [-0.1, -0.05) is 40.5 Å². The van der Waals surface area contributed by atoms with Crippen LogP contribution in [-0.2, 0) is 4.74 Å². The smallest absolute Gasteiger partial charge is 0.0661 e. The maximum atomic E-state index is 5.92. The molecule has 1 N–H and O–H groups in total. The molecule has 0 aliphatic heterocycles. The van der Waals surface area contributed by atoms with Gasteiger partial charge in [0, 0.05) is 16.1 Å². The van der Waals surface area contributed by atoms with E-state index in [4.69, 9.17) is 16.3 Å². The Morgan fingerprint density at radius 1 is 1.44 bits per heavy atom. The molecule has 2 nitrogen and oxygen atoms in total. The number of rotatable bonds is 6. The lowest BCUT2D eigenvalue weighted by molar-refractivity contribution is 0.123. The Morgan fingerprint density at radius 3 is 2.75 bits per heavy atom. The molecule has 0 fully saturated rings. The van der Waals surface area contributed by atoms with Crippen molar-refractivity contribution in [3.63, 3.8) is 0 Å². The molecular formula is C12H17BrClNO. The molecule has 0 spiro atoms. The van der Waals surface area contributed by atoms with E-state index in [2.05, 4.69) is 28.2 Å². The predicted octanol–water partition coefficient (Wildman–Crippen LogP) is 3.79. The maximum Gasteiger partial charge on any atom is 0.0661 e. The predicted molar refractivity (Wildman–Crippen MR) is 72.1 cm³/mol. The average Bonchev–Trinajstić information content (AvgIpc) is 2.25. The van der Waals surface area contributed by atoms with Gasteiger partial charge in [-0.05, 0) is 31.2 Å². The monoisotopic (exact) mass is 305 g/mol. The minimum atomic E-state index is 0.205. The Bertz CT molecular complexity index is 333. The minimum Gasteiger partial charge on any atom is -0.380 e. The summed E-state index contributed by atoms with van der Waals surface area (Å²) in [6.07, 6.45) is 0. The molecule has 0 radical (unpaired) electrons.